The first kappa shape index (κ1) is 16.1. The van der Waals surface area contributed by atoms with Gasteiger partial charge in [-0.15, -0.1) is 11.3 Å². The molecular formula is C18H21N5O2S. The largest absolute Gasteiger partial charge is 0.368 e. The molecule has 3 aromatic heterocycles. The first-order valence-electron chi connectivity index (χ1n) is 9.31. The van der Waals surface area contributed by atoms with Crippen LogP contribution in [0.3, 0.4) is 0 Å². The molecule has 7 nitrogen and oxygen atoms in total. The van der Waals surface area contributed by atoms with Gasteiger partial charge in [-0.2, -0.15) is 4.98 Å². The van der Waals surface area contributed by atoms with Crippen molar-refractivity contribution in [3.8, 4) is 10.8 Å². The Kier molecular flexibility index (Phi) is 4.30. The summed E-state index contributed by atoms with van der Waals surface area (Å²) in [6.07, 6.45) is 11.3. The predicted octanol–water partition coefficient (Wildman–Crippen LogP) is 3.36. The molecule has 3 aromatic rings. The molecule has 8 heteroatoms. The number of aryl methyl sites for hydroxylation is 4. The van der Waals surface area contributed by atoms with Gasteiger partial charge in [0, 0.05) is 36.8 Å². The van der Waals surface area contributed by atoms with E-state index in [4.69, 9.17) is 14.2 Å². The van der Waals surface area contributed by atoms with E-state index in [-0.39, 0.29) is 6.10 Å². The maximum Gasteiger partial charge on any atom is 0.255 e. The average molecular weight is 371 g/mol. The maximum atomic E-state index is 5.60. The number of nitrogens with zero attached hydrogens (tertiary/aromatic N) is 5. The maximum absolute atomic E-state index is 5.60. The van der Waals surface area contributed by atoms with Gasteiger partial charge in [0.2, 0.25) is 0 Å². The molecule has 26 heavy (non-hydrogen) atoms. The highest BCUT2D eigenvalue weighted by atomic mass is 32.1. The lowest BCUT2D eigenvalue weighted by molar-refractivity contribution is 0.0835. The molecule has 1 aliphatic heterocycles. The van der Waals surface area contributed by atoms with Crippen LogP contribution in [0.5, 0.6) is 0 Å². The van der Waals surface area contributed by atoms with Gasteiger partial charge in [-0.1, -0.05) is 5.16 Å². The van der Waals surface area contributed by atoms with Crippen LogP contribution in [0.15, 0.2) is 16.9 Å². The fourth-order valence-electron chi connectivity index (χ4n) is 3.63. The van der Waals surface area contributed by atoms with Crippen molar-refractivity contribution in [3.63, 3.8) is 0 Å². The third-order valence-corrected chi connectivity index (χ3v) is 6.17. The summed E-state index contributed by atoms with van der Waals surface area (Å²) in [6, 6.07) is 0. The van der Waals surface area contributed by atoms with Crippen LogP contribution in [-0.2, 0) is 30.5 Å². The zero-order valence-electron chi connectivity index (χ0n) is 14.6. The molecule has 0 saturated carbocycles. The number of hydrogen-bond donors (Lipinski definition) is 0. The molecular weight excluding hydrogens is 350 g/mol. The molecule has 136 valence electrons. The number of fused-ring (bicyclic) bond motifs is 1. The molecule has 5 rings (SSSR count). The second-order valence-electron chi connectivity index (χ2n) is 6.84. The van der Waals surface area contributed by atoms with E-state index in [0.717, 1.165) is 49.7 Å². The first-order valence-corrected chi connectivity index (χ1v) is 10.1. The SMILES string of the molecule is c1cn(CCc2noc(C3CCCO3)n2)c(-c2nc3c(s2)CCCC3)n1. The zero-order chi connectivity index (χ0) is 17.3. The minimum absolute atomic E-state index is 0.0262. The van der Waals surface area contributed by atoms with E-state index in [1.807, 2.05) is 12.4 Å². The summed E-state index contributed by atoms with van der Waals surface area (Å²) in [5, 5.41) is 5.13. The van der Waals surface area contributed by atoms with Gasteiger partial charge in [-0.3, -0.25) is 0 Å². The Balaban J connectivity index is 1.30. The number of hydrogen-bond acceptors (Lipinski definition) is 7. The summed E-state index contributed by atoms with van der Waals surface area (Å²) in [4.78, 5) is 15.3. The molecule has 4 heterocycles. The quantitative estimate of drug-likeness (QED) is 0.684. The van der Waals surface area contributed by atoms with Crippen molar-refractivity contribution in [2.24, 2.45) is 0 Å². The van der Waals surface area contributed by atoms with E-state index >= 15 is 0 Å². The highest BCUT2D eigenvalue weighted by Crippen LogP contribution is 2.32. The molecule has 0 N–H and O–H groups in total. The van der Waals surface area contributed by atoms with Crippen LogP contribution in [0.2, 0.25) is 0 Å². The van der Waals surface area contributed by atoms with Crippen LogP contribution < -0.4 is 0 Å². The Hall–Kier alpha value is -2.06. The van der Waals surface area contributed by atoms with Crippen LogP contribution in [0.1, 0.15) is 54.1 Å². The van der Waals surface area contributed by atoms with Gasteiger partial charge in [-0.05, 0) is 38.5 Å². The summed E-state index contributed by atoms with van der Waals surface area (Å²) in [5.41, 5.74) is 1.27. The lowest BCUT2D eigenvalue weighted by atomic mass is 10.0. The number of ether oxygens (including phenoxy) is 1. The van der Waals surface area contributed by atoms with Crippen LogP contribution >= 0.6 is 11.3 Å². The normalized spacial score (nSPS) is 19.8. The van der Waals surface area contributed by atoms with Crippen LogP contribution in [0.4, 0.5) is 0 Å². The molecule has 0 bridgehead atoms. The molecule has 1 atom stereocenters. The van der Waals surface area contributed by atoms with Gasteiger partial charge in [-0.25, -0.2) is 9.97 Å². The van der Waals surface area contributed by atoms with Gasteiger partial charge < -0.3 is 13.8 Å². The summed E-state index contributed by atoms with van der Waals surface area (Å²) in [5.74, 6) is 2.26. The molecule has 1 fully saturated rings. The summed E-state index contributed by atoms with van der Waals surface area (Å²) in [6.45, 7) is 1.53. The second kappa shape index (κ2) is 6.92. The third kappa shape index (κ3) is 3.07. The average Bonchev–Trinajstić information content (AvgIpc) is 3.46. The van der Waals surface area contributed by atoms with Gasteiger partial charge in [0.1, 0.15) is 6.10 Å². The van der Waals surface area contributed by atoms with E-state index in [9.17, 15) is 0 Å². The van der Waals surface area contributed by atoms with Crippen molar-refractivity contribution >= 4 is 11.3 Å². The van der Waals surface area contributed by atoms with Crippen molar-refractivity contribution in [1.82, 2.24) is 24.7 Å². The summed E-state index contributed by atoms with van der Waals surface area (Å²) >= 11 is 1.79. The van der Waals surface area contributed by atoms with Gasteiger partial charge >= 0.3 is 0 Å². The number of thiazole rings is 1. The third-order valence-electron chi connectivity index (χ3n) is 5.02. The smallest absolute Gasteiger partial charge is 0.255 e. The summed E-state index contributed by atoms with van der Waals surface area (Å²) < 4.78 is 13.1. The second-order valence-corrected chi connectivity index (χ2v) is 7.92. The van der Waals surface area contributed by atoms with E-state index in [2.05, 4.69) is 19.7 Å². The number of aromatic nitrogens is 5. The van der Waals surface area contributed by atoms with E-state index in [0.29, 0.717) is 18.1 Å². The fourth-order valence-corrected chi connectivity index (χ4v) is 4.79. The van der Waals surface area contributed by atoms with Crippen molar-refractivity contribution < 1.29 is 9.26 Å². The lowest BCUT2D eigenvalue weighted by Crippen LogP contribution is -2.04. The number of rotatable bonds is 5. The molecule has 0 radical (unpaired) electrons. The minimum atomic E-state index is -0.0262. The fraction of sp³-hybridized carbons (Fsp3) is 0.556. The predicted molar refractivity (Wildman–Crippen MR) is 95.9 cm³/mol. The van der Waals surface area contributed by atoms with Crippen molar-refractivity contribution in [3.05, 3.63) is 34.7 Å². The highest BCUT2D eigenvalue weighted by Gasteiger charge is 2.24. The topological polar surface area (TPSA) is 78.9 Å². The highest BCUT2D eigenvalue weighted by molar-refractivity contribution is 7.15. The van der Waals surface area contributed by atoms with Crippen LogP contribution in [-0.4, -0.2) is 31.3 Å². The Labute approximate surface area is 155 Å². The molecule has 0 aromatic carbocycles. The van der Waals surface area contributed by atoms with Gasteiger partial charge in [0.25, 0.3) is 5.89 Å². The Bertz CT molecular complexity index is 870. The lowest BCUT2D eigenvalue weighted by Gasteiger charge is -2.06. The van der Waals surface area contributed by atoms with E-state index in [1.165, 1.54) is 23.4 Å². The molecule has 1 saturated heterocycles. The summed E-state index contributed by atoms with van der Waals surface area (Å²) in [7, 11) is 0. The monoisotopic (exact) mass is 371 g/mol. The van der Waals surface area contributed by atoms with Crippen molar-refractivity contribution in [2.45, 2.75) is 57.6 Å². The van der Waals surface area contributed by atoms with Crippen molar-refractivity contribution in [1.29, 1.82) is 0 Å². The van der Waals surface area contributed by atoms with Crippen LogP contribution in [0, 0.1) is 0 Å². The molecule has 1 unspecified atom stereocenters. The Morgan fingerprint density at radius 1 is 1.19 bits per heavy atom. The standard InChI is InChI=1S/C18H21N5O2S/c1-2-6-14-12(4-1)20-18(26-14)16-19-8-10-23(16)9-7-15-21-17(25-22-15)13-5-3-11-24-13/h8,10,13H,1-7,9,11H2. The first-order chi connectivity index (χ1) is 12.9. The van der Waals surface area contributed by atoms with Crippen molar-refractivity contribution in [2.75, 3.05) is 6.61 Å². The van der Waals surface area contributed by atoms with Gasteiger partial charge in [0.15, 0.2) is 16.7 Å². The molecule has 2 aliphatic rings. The molecule has 0 amide bonds. The molecule has 0 spiro atoms. The van der Waals surface area contributed by atoms with Crippen LogP contribution in [0.25, 0.3) is 10.8 Å². The minimum Gasteiger partial charge on any atom is -0.368 e. The van der Waals surface area contributed by atoms with Gasteiger partial charge in [0.05, 0.1) is 5.69 Å². The molecule has 1 aliphatic carbocycles. The Morgan fingerprint density at radius 3 is 3.04 bits per heavy atom. The van der Waals surface area contributed by atoms with E-state index in [1.54, 1.807) is 11.3 Å². The zero-order valence-corrected chi connectivity index (χ0v) is 15.4. The van der Waals surface area contributed by atoms with E-state index < -0.39 is 0 Å². The number of imidazole rings is 1. The Morgan fingerprint density at radius 2 is 2.15 bits per heavy atom.